The lowest BCUT2D eigenvalue weighted by Gasteiger charge is -2.28. The van der Waals surface area contributed by atoms with Crippen molar-refractivity contribution in [1.82, 2.24) is 4.90 Å². The molecule has 1 atom stereocenters. The van der Waals surface area contributed by atoms with Crippen LogP contribution >= 0.6 is 0 Å². The highest BCUT2D eigenvalue weighted by Gasteiger charge is 2.22. The third-order valence-corrected chi connectivity index (χ3v) is 3.27. The van der Waals surface area contributed by atoms with E-state index in [0.29, 0.717) is 18.7 Å². The molecule has 0 aromatic heterocycles. The number of hydrogen-bond acceptors (Lipinski definition) is 3. The molecule has 2 N–H and O–H groups in total. The minimum Gasteiger partial charge on any atom is -0.383 e. The van der Waals surface area contributed by atoms with Gasteiger partial charge in [0.2, 0.25) is 0 Å². The molecule has 0 aliphatic carbocycles. The Labute approximate surface area is 127 Å². The van der Waals surface area contributed by atoms with Crippen LogP contribution in [0.1, 0.15) is 35.3 Å². The predicted molar refractivity (Wildman–Crippen MR) is 85.2 cm³/mol. The van der Waals surface area contributed by atoms with E-state index < -0.39 is 0 Å². The molecular formula is C17H24N2O2. The number of aryl methyl sites for hydroxylation is 1. The van der Waals surface area contributed by atoms with Gasteiger partial charge in [-0.15, -0.1) is 0 Å². The first kappa shape index (κ1) is 17.2. The maximum absolute atomic E-state index is 12.8. The molecule has 4 nitrogen and oxygen atoms in total. The van der Waals surface area contributed by atoms with Gasteiger partial charge in [0.1, 0.15) is 0 Å². The SMILES string of the molecule is CCN(C(=O)c1cc(C)ccc1C#CCN)C(C)COC. The third kappa shape index (κ3) is 4.59. The van der Waals surface area contributed by atoms with Crippen LogP contribution in [0.4, 0.5) is 0 Å². The van der Waals surface area contributed by atoms with Crippen LogP contribution in [0.15, 0.2) is 18.2 Å². The number of rotatable bonds is 5. The summed E-state index contributed by atoms with van der Waals surface area (Å²) in [6.07, 6.45) is 0. The summed E-state index contributed by atoms with van der Waals surface area (Å²) in [5, 5.41) is 0. The van der Waals surface area contributed by atoms with Gasteiger partial charge < -0.3 is 15.4 Å². The Morgan fingerprint density at radius 3 is 2.76 bits per heavy atom. The highest BCUT2D eigenvalue weighted by atomic mass is 16.5. The molecule has 0 aliphatic heterocycles. The molecule has 21 heavy (non-hydrogen) atoms. The van der Waals surface area contributed by atoms with Crippen molar-refractivity contribution in [2.45, 2.75) is 26.8 Å². The molecule has 114 valence electrons. The average molecular weight is 288 g/mol. The zero-order chi connectivity index (χ0) is 15.8. The largest absolute Gasteiger partial charge is 0.383 e. The van der Waals surface area contributed by atoms with Crippen molar-refractivity contribution in [3.05, 3.63) is 34.9 Å². The van der Waals surface area contributed by atoms with Crippen LogP contribution in [-0.2, 0) is 4.74 Å². The van der Waals surface area contributed by atoms with E-state index in [-0.39, 0.29) is 18.5 Å². The molecule has 0 spiro atoms. The second-order valence-electron chi connectivity index (χ2n) is 4.95. The quantitative estimate of drug-likeness (QED) is 0.841. The van der Waals surface area contributed by atoms with Gasteiger partial charge in [-0.1, -0.05) is 23.5 Å². The maximum Gasteiger partial charge on any atom is 0.255 e. The van der Waals surface area contributed by atoms with Crippen molar-refractivity contribution in [1.29, 1.82) is 0 Å². The number of hydrogen-bond donors (Lipinski definition) is 1. The average Bonchev–Trinajstić information content (AvgIpc) is 2.46. The Balaban J connectivity index is 3.17. The summed E-state index contributed by atoms with van der Waals surface area (Å²) in [7, 11) is 1.64. The van der Waals surface area contributed by atoms with Crippen molar-refractivity contribution in [2.75, 3.05) is 26.8 Å². The van der Waals surface area contributed by atoms with Crippen molar-refractivity contribution in [3.63, 3.8) is 0 Å². The smallest absolute Gasteiger partial charge is 0.255 e. The second kappa shape index (κ2) is 8.46. The molecule has 0 heterocycles. The molecule has 1 rings (SSSR count). The van der Waals surface area contributed by atoms with Crippen LogP contribution in [0, 0.1) is 18.8 Å². The molecule has 0 saturated heterocycles. The van der Waals surface area contributed by atoms with E-state index >= 15 is 0 Å². The molecule has 1 aromatic rings. The van der Waals surface area contributed by atoms with Gasteiger partial charge in [0.15, 0.2) is 0 Å². The molecule has 1 unspecified atom stereocenters. The van der Waals surface area contributed by atoms with Gasteiger partial charge >= 0.3 is 0 Å². The van der Waals surface area contributed by atoms with E-state index in [1.54, 1.807) is 12.0 Å². The predicted octanol–water partition coefficient (Wildman–Crippen LogP) is 1.80. The monoisotopic (exact) mass is 288 g/mol. The third-order valence-electron chi connectivity index (χ3n) is 3.27. The number of ether oxygens (including phenoxy) is 1. The van der Waals surface area contributed by atoms with Gasteiger partial charge in [0.25, 0.3) is 5.91 Å². The maximum atomic E-state index is 12.8. The Morgan fingerprint density at radius 1 is 1.48 bits per heavy atom. The normalized spacial score (nSPS) is 11.5. The van der Waals surface area contributed by atoms with Crippen LogP contribution < -0.4 is 5.73 Å². The molecule has 0 fully saturated rings. The van der Waals surface area contributed by atoms with Crippen LogP contribution in [0.25, 0.3) is 0 Å². The van der Waals surface area contributed by atoms with Gasteiger partial charge in [0.05, 0.1) is 24.8 Å². The van der Waals surface area contributed by atoms with E-state index in [1.165, 1.54) is 0 Å². The van der Waals surface area contributed by atoms with E-state index in [1.807, 2.05) is 39.0 Å². The minimum atomic E-state index is -0.0212. The topological polar surface area (TPSA) is 55.6 Å². The lowest BCUT2D eigenvalue weighted by Crippen LogP contribution is -2.41. The van der Waals surface area contributed by atoms with Crippen molar-refractivity contribution in [2.24, 2.45) is 5.73 Å². The summed E-state index contributed by atoms with van der Waals surface area (Å²) in [6, 6.07) is 5.72. The van der Waals surface area contributed by atoms with Gasteiger partial charge in [-0.05, 0) is 32.9 Å². The van der Waals surface area contributed by atoms with Gasteiger partial charge in [-0.3, -0.25) is 4.79 Å². The number of methoxy groups -OCH3 is 1. The number of carbonyl (C=O) groups excluding carboxylic acids is 1. The zero-order valence-electron chi connectivity index (χ0n) is 13.3. The number of nitrogens with two attached hydrogens (primary N) is 1. The molecule has 0 saturated carbocycles. The molecule has 0 aliphatic rings. The van der Waals surface area contributed by atoms with Crippen molar-refractivity contribution < 1.29 is 9.53 Å². The van der Waals surface area contributed by atoms with Gasteiger partial charge in [0, 0.05) is 19.2 Å². The van der Waals surface area contributed by atoms with Gasteiger partial charge in [-0.25, -0.2) is 0 Å². The zero-order valence-corrected chi connectivity index (χ0v) is 13.3. The highest BCUT2D eigenvalue weighted by molar-refractivity contribution is 5.97. The second-order valence-corrected chi connectivity index (χ2v) is 4.95. The standard InChI is InChI=1S/C17H24N2O2/c1-5-19(14(3)12-21-4)17(20)16-11-13(2)8-9-15(16)7-6-10-18/h8-9,11,14H,5,10,12,18H2,1-4H3. The van der Waals surface area contributed by atoms with E-state index in [9.17, 15) is 4.79 Å². The summed E-state index contributed by atoms with van der Waals surface area (Å²) in [4.78, 5) is 14.6. The fourth-order valence-electron chi connectivity index (χ4n) is 2.23. The summed E-state index contributed by atoms with van der Waals surface area (Å²) < 4.78 is 5.15. The van der Waals surface area contributed by atoms with E-state index in [4.69, 9.17) is 10.5 Å². The molecule has 0 bridgehead atoms. The number of nitrogens with zero attached hydrogens (tertiary/aromatic N) is 1. The summed E-state index contributed by atoms with van der Waals surface area (Å²) >= 11 is 0. The van der Waals surface area contributed by atoms with Crippen molar-refractivity contribution >= 4 is 5.91 Å². The van der Waals surface area contributed by atoms with Crippen molar-refractivity contribution in [3.8, 4) is 11.8 Å². The lowest BCUT2D eigenvalue weighted by molar-refractivity contribution is 0.0579. The first-order valence-electron chi connectivity index (χ1n) is 7.14. The Hall–Kier alpha value is -1.83. The number of amides is 1. The Morgan fingerprint density at radius 2 is 2.19 bits per heavy atom. The molecule has 4 heteroatoms. The summed E-state index contributed by atoms with van der Waals surface area (Å²) in [6.45, 7) is 7.32. The van der Waals surface area contributed by atoms with Crippen LogP contribution in [0.2, 0.25) is 0 Å². The first-order valence-corrected chi connectivity index (χ1v) is 7.14. The highest BCUT2D eigenvalue weighted by Crippen LogP contribution is 2.15. The van der Waals surface area contributed by atoms with E-state index in [0.717, 1.165) is 11.1 Å². The fourth-order valence-corrected chi connectivity index (χ4v) is 2.23. The first-order chi connectivity index (χ1) is 10.0. The molecule has 1 amide bonds. The number of likely N-dealkylation sites (N-methyl/N-ethyl adjacent to an activating group) is 1. The van der Waals surface area contributed by atoms with Crippen LogP contribution in [0.3, 0.4) is 0 Å². The summed E-state index contributed by atoms with van der Waals surface area (Å²) in [5.41, 5.74) is 7.80. The number of carbonyl (C=O) groups is 1. The van der Waals surface area contributed by atoms with Crippen LogP contribution in [-0.4, -0.2) is 43.7 Å². The van der Waals surface area contributed by atoms with Crippen LogP contribution in [0.5, 0.6) is 0 Å². The fraction of sp³-hybridized carbons (Fsp3) is 0.471. The molecule has 0 radical (unpaired) electrons. The Bertz CT molecular complexity index is 543. The minimum absolute atomic E-state index is 0.0170. The number of benzene rings is 1. The summed E-state index contributed by atoms with van der Waals surface area (Å²) in [5.74, 6) is 5.77. The van der Waals surface area contributed by atoms with E-state index in [2.05, 4.69) is 11.8 Å². The lowest BCUT2D eigenvalue weighted by atomic mass is 10.0. The van der Waals surface area contributed by atoms with Gasteiger partial charge in [-0.2, -0.15) is 0 Å². The molecular weight excluding hydrogens is 264 g/mol. The molecule has 1 aromatic carbocycles. The Kier molecular flexibility index (Phi) is 6.93.